The molecule has 13 nitrogen and oxygen atoms in total. The monoisotopic (exact) mass is 676 g/mol. The van der Waals surface area contributed by atoms with Crippen LogP contribution >= 0.6 is 0 Å². The number of phenols is 1. The number of benzene rings is 3. The van der Waals surface area contributed by atoms with Gasteiger partial charge in [0.15, 0.2) is 5.82 Å². The third-order valence-electron chi connectivity index (χ3n) is 9.41. The van der Waals surface area contributed by atoms with E-state index in [-0.39, 0.29) is 35.0 Å². The summed E-state index contributed by atoms with van der Waals surface area (Å²) >= 11 is 0. The number of phenolic OH excluding ortho intramolecular Hbond substituents is 1. The number of aromatic nitrogens is 1. The molecule has 3 aliphatic heterocycles. The summed E-state index contributed by atoms with van der Waals surface area (Å²) in [6.45, 7) is 2.94. The molecule has 4 heterocycles. The van der Waals surface area contributed by atoms with E-state index >= 15 is 4.39 Å². The van der Waals surface area contributed by atoms with Gasteiger partial charge in [0.05, 0.1) is 6.54 Å². The normalized spacial score (nSPS) is 20.3. The lowest BCUT2D eigenvalue weighted by Crippen LogP contribution is -2.41. The number of fused-ring (bicyclic) bond motifs is 2. The van der Waals surface area contributed by atoms with Crippen molar-refractivity contribution in [3.8, 4) is 5.75 Å². The Morgan fingerprint density at radius 1 is 1.02 bits per heavy atom. The molecule has 0 spiro atoms. The number of aromatic hydroxyl groups is 1. The number of amides is 4. The third kappa shape index (κ3) is 5.72. The van der Waals surface area contributed by atoms with Crippen molar-refractivity contribution in [2.24, 2.45) is 0 Å². The van der Waals surface area contributed by atoms with Crippen LogP contribution in [0.2, 0.25) is 0 Å². The SMILES string of the molecule is Cc1cn(C2CCC(=O)NC2=O)c2ccc(C3CCN(CC(=O)Nc4ccc5c(F)c(N6CC(=O)NS6(=O)=O)c(O)cc5c4)CC3)cc12. The molecule has 1 atom stereocenters. The Bertz CT molecular complexity index is 2140. The average Bonchev–Trinajstić information content (AvgIpc) is 3.50. The van der Waals surface area contributed by atoms with Crippen LogP contribution in [-0.4, -0.2) is 72.8 Å². The number of aryl methyl sites for hydroxylation is 1. The number of nitrogens with zero attached hydrogens (tertiary/aromatic N) is 3. The summed E-state index contributed by atoms with van der Waals surface area (Å²) in [4.78, 5) is 50.8. The molecule has 0 bridgehead atoms. The highest BCUT2D eigenvalue weighted by Gasteiger charge is 2.38. The van der Waals surface area contributed by atoms with Crippen molar-refractivity contribution < 1.29 is 37.1 Å². The van der Waals surface area contributed by atoms with Gasteiger partial charge in [-0.25, -0.2) is 13.4 Å². The number of halogens is 1. The van der Waals surface area contributed by atoms with Crippen LogP contribution in [0.5, 0.6) is 5.75 Å². The molecule has 4 aromatic rings. The molecule has 4 amide bonds. The predicted octanol–water partition coefficient (Wildman–Crippen LogP) is 2.92. The van der Waals surface area contributed by atoms with E-state index in [2.05, 4.69) is 27.7 Å². The van der Waals surface area contributed by atoms with Crippen molar-refractivity contribution >= 4 is 66.9 Å². The minimum Gasteiger partial charge on any atom is -0.506 e. The Kier molecular flexibility index (Phi) is 7.83. The van der Waals surface area contributed by atoms with E-state index in [1.165, 1.54) is 29.8 Å². The van der Waals surface area contributed by atoms with Crippen molar-refractivity contribution in [1.29, 1.82) is 0 Å². The largest absolute Gasteiger partial charge is 0.506 e. The summed E-state index contributed by atoms with van der Waals surface area (Å²) in [6, 6.07) is 11.5. The standard InChI is InChI=1S/C33H33FN6O7S/c1-18-15-39(26-6-7-28(42)36-33(26)45)25-5-2-20(13-24(18)25)19-8-10-38(11-9-19)16-29(43)35-22-3-4-23-21(12-22)14-27(41)32(31(23)34)40-17-30(44)37-48(40,46)47/h2-5,12-15,19,26,41H,6-11,16-17H2,1H3,(H,35,43)(H,37,44)(H,36,42,45). The van der Waals surface area contributed by atoms with Gasteiger partial charge in [-0.15, -0.1) is 0 Å². The Labute approximate surface area is 274 Å². The van der Waals surface area contributed by atoms with E-state index in [9.17, 15) is 32.7 Å². The highest BCUT2D eigenvalue weighted by molar-refractivity contribution is 7.92. The summed E-state index contributed by atoms with van der Waals surface area (Å²) in [5.41, 5.74) is 2.98. The Morgan fingerprint density at radius 3 is 2.50 bits per heavy atom. The van der Waals surface area contributed by atoms with Crippen molar-refractivity contribution in [1.82, 2.24) is 19.5 Å². The average molecular weight is 677 g/mol. The number of anilines is 2. The molecule has 1 aromatic heterocycles. The highest BCUT2D eigenvalue weighted by atomic mass is 32.2. The summed E-state index contributed by atoms with van der Waals surface area (Å²) < 4.78 is 44.0. The Hall–Kier alpha value is -5.02. The van der Waals surface area contributed by atoms with E-state index in [4.69, 9.17) is 0 Å². The molecular formula is C33H33FN6O7S. The van der Waals surface area contributed by atoms with Gasteiger partial charge in [0.2, 0.25) is 17.7 Å². The molecule has 4 N–H and O–H groups in total. The molecule has 48 heavy (non-hydrogen) atoms. The summed E-state index contributed by atoms with van der Waals surface area (Å²) in [5, 5.41) is 17.1. The first-order valence-electron chi connectivity index (χ1n) is 15.6. The van der Waals surface area contributed by atoms with Crippen molar-refractivity contribution in [3.63, 3.8) is 0 Å². The molecule has 1 unspecified atom stereocenters. The number of hydrogen-bond acceptors (Lipinski definition) is 8. The van der Waals surface area contributed by atoms with Gasteiger partial charge in [-0.05, 0) is 98.1 Å². The third-order valence-corrected chi connectivity index (χ3v) is 10.8. The van der Waals surface area contributed by atoms with Crippen molar-refractivity contribution in [2.75, 3.05) is 35.8 Å². The molecular weight excluding hydrogens is 643 g/mol. The maximum atomic E-state index is 15.4. The zero-order valence-corrected chi connectivity index (χ0v) is 26.8. The van der Waals surface area contributed by atoms with Crippen LogP contribution in [0.15, 0.2) is 48.7 Å². The quantitative estimate of drug-likeness (QED) is 0.226. The zero-order valence-electron chi connectivity index (χ0n) is 26.0. The van der Waals surface area contributed by atoms with Crippen LogP contribution in [0.1, 0.15) is 48.8 Å². The Balaban J connectivity index is 0.982. The second-order valence-electron chi connectivity index (χ2n) is 12.6. The lowest BCUT2D eigenvalue weighted by Gasteiger charge is -2.31. The fraction of sp³-hybridized carbons (Fsp3) is 0.333. The van der Waals surface area contributed by atoms with Gasteiger partial charge < -0.3 is 15.0 Å². The van der Waals surface area contributed by atoms with Gasteiger partial charge in [0, 0.05) is 34.6 Å². The maximum absolute atomic E-state index is 15.4. The molecule has 15 heteroatoms. The summed E-state index contributed by atoms with van der Waals surface area (Å²) in [7, 11) is -4.33. The van der Waals surface area contributed by atoms with Crippen LogP contribution < -0.4 is 19.7 Å². The molecule has 0 saturated carbocycles. The number of rotatable bonds is 6. The molecule has 0 aliphatic carbocycles. The van der Waals surface area contributed by atoms with Crippen LogP contribution in [-0.2, 0) is 29.4 Å². The smallest absolute Gasteiger partial charge is 0.326 e. The van der Waals surface area contributed by atoms with Gasteiger partial charge in [0.25, 0.3) is 5.91 Å². The number of piperidine rings is 2. The molecule has 250 valence electrons. The zero-order chi connectivity index (χ0) is 33.9. The predicted molar refractivity (Wildman–Crippen MR) is 175 cm³/mol. The topological polar surface area (TPSA) is 170 Å². The Morgan fingerprint density at radius 2 is 1.79 bits per heavy atom. The van der Waals surface area contributed by atoms with Crippen LogP contribution in [0.3, 0.4) is 0 Å². The minimum atomic E-state index is -4.33. The van der Waals surface area contributed by atoms with Crippen molar-refractivity contribution in [2.45, 2.75) is 44.6 Å². The van der Waals surface area contributed by atoms with Gasteiger partial charge in [-0.2, -0.15) is 8.42 Å². The molecule has 0 radical (unpaired) electrons. The van der Waals surface area contributed by atoms with Crippen molar-refractivity contribution in [3.05, 3.63) is 65.6 Å². The first-order chi connectivity index (χ1) is 22.9. The first-order valence-corrected chi connectivity index (χ1v) is 17.1. The highest BCUT2D eigenvalue weighted by Crippen LogP contribution is 2.39. The summed E-state index contributed by atoms with van der Waals surface area (Å²) in [5.74, 6) is -2.97. The molecule has 3 saturated heterocycles. The van der Waals surface area contributed by atoms with Crippen LogP contribution in [0, 0.1) is 12.7 Å². The lowest BCUT2D eigenvalue weighted by molar-refractivity contribution is -0.135. The second kappa shape index (κ2) is 11.9. The van der Waals surface area contributed by atoms with Gasteiger partial charge >= 0.3 is 10.2 Å². The summed E-state index contributed by atoms with van der Waals surface area (Å²) in [6.07, 6.45) is 4.48. The van der Waals surface area contributed by atoms with Gasteiger partial charge in [-0.3, -0.25) is 29.4 Å². The first kappa shape index (κ1) is 31.6. The molecule has 3 aliphatic rings. The van der Waals surface area contributed by atoms with Gasteiger partial charge in [0.1, 0.15) is 24.0 Å². The van der Waals surface area contributed by atoms with E-state index in [1.54, 1.807) is 4.72 Å². The van der Waals surface area contributed by atoms with Crippen LogP contribution in [0.4, 0.5) is 15.8 Å². The van der Waals surface area contributed by atoms with E-state index < -0.39 is 46.0 Å². The maximum Gasteiger partial charge on any atom is 0.326 e. The fourth-order valence-electron chi connectivity index (χ4n) is 7.03. The van der Waals surface area contributed by atoms with Gasteiger partial charge in [-0.1, -0.05) is 6.07 Å². The fourth-order valence-corrected chi connectivity index (χ4v) is 8.19. The molecule has 7 rings (SSSR count). The number of nitrogens with one attached hydrogen (secondary N) is 3. The van der Waals surface area contributed by atoms with E-state index in [0.717, 1.165) is 29.3 Å². The number of carbonyl (C=O) groups excluding carboxylic acids is 4. The lowest BCUT2D eigenvalue weighted by atomic mass is 9.88. The molecule has 3 fully saturated rings. The van der Waals surface area contributed by atoms with E-state index in [1.807, 2.05) is 23.8 Å². The van der Waals surface area contributed by atoms with E-state index in [0.29, 0.717) is 41.8 Å². The number of likely N-dealkylation sites (tertiary alicyclic amines) is 1. The number of hydrogen-bond donors (Lipinski definition) is 4. The number of carbonyl (C=O) groups is 4. The number of imide groups is 1. The van der Waals surface area contributed by atoms with Crippen LogP contribution in [0.25, 0.3) is 21.7 Å². The second-order valence-corrected chi connectivity index (χ2v) is 14.2. The minimum absolute atomic E-state index is 0.0124. The molecule has 3 aromatic carbocycles.